The lowest BCUT2D eigenvalue weighted by Crippen LogP contribution is -2.29. The molecule has 0 atom stereocenters. The number of nitrogens with one attached hydrogen (secondary N) is 1. The van der Waals surface area contributed by atoms with Crippen molar-refractivity contribution < 1.29 is 23.9 Å². The standard InChI is InChI=1S/C23H18N2O5/c1-14(26)24-15-3-7-18(8-4-15)30-19-11-12-20-21(13-19)23(28)25(22(20)27)16-5-9-17(29-2)10-6-16/h3-13H,1-2H3,(H,24,26). The fourth-order valence-corrected chi connectivity index (χ4v) is 3.19. The van der Waals surface area contributed by atoms with Gasteiger partial charge in [0.05, 0.1) is 23.9 Å². The Morgan fingerprint density at radius 3 is 2.03 bits per heavy atom. The molecule has 1 N–H and O–H groups in total. The molecular weight excluding hydrogens is 384 g/mol. The van der Waals surface area contributed by atoms with Gasteiger partial charge in [-0.1, -0.05) is 0 Å². The highest BCUT2D eigenvalue weighted by Crippen LogP contribution is 2.33. The molecule has 0 aromatic heterocycles. The molecule has 0 fully saturated rings. The number of carbonyl (C=O) groups excluding carboxylic acids is 3. The number of hydrogen-bond acceptors (Lipinski definition) is 5. The van der Waals surface area contributed by atoms with Crippen LogP contribution in [-0.4, -0.2) is 24.8 Å². The van der Waals surface area contributed by atoms with Gasteiger partial charge in [-0.3, -0.25) is 14.4 Å². The first-order chi connectivity index (χ1) is 14.5. The second kappa shape index (κ2) is 7.71. The summed E-state index contributed by atoms with van der Waals surface area (Å²) in [5.41, 5.74) is 1.73. The average Bonchev–Trinajstić information content (AvgIpc) is 2.99. The molecule has 0 saturated carbocycles. The van der Waals surface area contributed by atoms with Crippen LogP contribution in [0, 0.1) is 0 Å². The Kier molecular flexibility index (Phi) is 4.93. The smallest absolute Gasteiger partial charge is 0.266 e. The molecule has 0 bridgehead atoms. The number of nitrogens with zero attached hydrogens (tertiary/aromatic N) is 1. The number of anilines is 2. The lowest BCUT2D eigenvalue weighted by molar-refractivity contribution is -0.114. The van der Waals surface area contributed by atoms with Crippen LogP contribution in [0.15, 0.2) is 66.7 Å². The molecule has 7 nitrogen and oxygen atoms in total. The van der Waals surface area contributed by atoms with E-state index in [0.29, 0.717) is 34.2 Å². The topological polar surface area (TPSA) is 84.9 Å². The molecule has 0 aliphatic carbocycles. The van der Waals surface area contributed by atoms with Crippen molar-refractivity contribution in [2.24, 2.45) is 0 Å². The van der Waals surface area contributed by atoms with E-state index < -0.39 is 5.91 Å². The summed E-state index contributed by atoms with van der Waals surface area (Å²) < 4.78 is 10.9. The number of imide groups is 1. The Bertz CT molecular complexity index is 1140. The predicted molar refractivity (Wildman–Crippen MR) is 111 cm³/mol. The van der Waals surface area contributed by atoms with Gasteiger partial charge in [-0.15, -0.1) is 0 Å². The number of fused-ring (bicyclic) bond motifs is 1. The summed E-state index contributed by atoms with van der Waals surface area (Å²) >= 11 is 0. The molecule has 0 radical (unpaired) electrons. The van der Waals surface area contributed by atoms with Crippen LogP contribution in [0.5, 0.6) is 17.2 Å². The third-order valence-corrected chi connectivity index (χ3v) is 4.60. The van der Waals surface area contributed by atoms with E-state index in [-0.39, 0.29) is 17.4 Å². The molecule has 3 aromatic carbocycles. The van der Waals surface area contributed by atoms with Crippen LogP contribution in [0.1, 0.15) is 27.6 Å². The predicted octanol–water partition coefficient (Wildman–Crippen LogP) is 4.25. The van der Waals surface area contributed by atoms with Gasteiger partial charge in [0.1, 0.15) is 17.2 Å². The number of hydrogen-bond donors (Lipinski definition) is 1. The maximum absolute atomic E-state index is 12.9. The largest absolute Gasteiger partial charge is 0.497 e. The van der Waals surface area contributed by atoms with Crippen molar-refractivity contribution in [1.82, 2.24) is 0 Å². The lowest BCUT2D eigenvalue weighted by atomic mass is 10.1. The second-order valence-corrected chi connectivity index (χ2v) is 6.66. The zero-order valence-electron chi connectivity index (χ0n) is 16.3. The first-order valence-corrected chi connectivity index (χ1v) is 9.18. The van der Waals surface area contributed by atoms with Gasteiger partial charge >= 0.3 is 0 Å². The summed E-state index contributed by atoms with van der Waals surface area (Å²) in [5, 5.41) is 2.68. The Balaban J connectivity index is 1.56. The van der Waals surface area contributed by atoms with Crippen molar-refractivity contribution in [3.8, 4) is 17.2 Å². The maximum atomic E-state index is 12.9. The fourth-order valence-electron chi connectivity index (χ4n) is 3.19. The Hall–Kier alpha value is -4.13. The highest BCUT2D eigenvalue weighted by molar-refractivity contribution is 6.34. The zero-order valence-corrected chi connectivity index (χ0v) is 16.3. The number of rotatable bonds is 5. The first kappa shape index (κ1) is 19.2. The van der Waals surface area contributed by atoms with Crippen LogP contribution < -0.4 is 19.7 Å². The normalized spacial score (nSPS) is 12.5. The highest BCUT2D eigenvalue weighted by Gasteiger charge is 2.37. The number of amides is 3. The number of benzene rings is 3. The molecule has 7 heteroatoms. The number of ether oxygens (including phenoxy) is 2. The molecule has 1 aliphatic heterocycles. The van der Waals surface area contributed by atoms with Crippen molar-refractivity contribution in [3.05, 3.63) is 77.9 Å². The van der Waals surface area contributed by atoms with E-state index in [1.165, 1.54) is 6.92 Å². The summed E-state index contributed by atoms with van der Waals surface area (Å²) in [4.78, 5) is 37.9. The van der Waals surface area contributed by atoms with E-state index in [1.807, 2.05) is 0 Å². The molecule has 0 saturated heterocycles. The van der Waals surface area contributed by atoms with Crippen molar-refractivity contribution >= 4 is 29.1 Å². The van der Waals surface area contributed by atoms with Crippen molar-refractivity contribution in [2.45, 2.75) is 6.92 Å². The third kappa shape index (κ3) is 3.60. The van der Waals surface area contributed by atoms with Gasteiger partial charge in [0, 0.05) is 12.6 Å². The quantitative estimate of drug-likeness (QED) is 0.645. The Morgan fingerprint density at radius 1 is 0.800 bits per heavy atom. The summed E-state index contributed by atoms with van der Waals surface area (Å²) in [6.07, 6.45) is 0. The molecule has 1 heterocycles. The molecule has 150 valence electrons. The highest BCUT2D eigenvalue weighted by atomic mass is 16.5. The van der Waals surface area contributed by atoms with E-state index in [0.717, 1.165) is 4.90 Å². The van der Waals surface area contributed by atoms with Crippen LogP contribution >= 0.6 is 0 Å². The zero-order chi connectivity index (χ0) is 21.3. The van der Waals surface area contributed by atoms with Crippen LogP contribution in [-0.2, 0) is 4.79 Å². The van der Waals surface area contributed by atoms with Gasteiger partial charge in [0.25, 0.3) is 11.8 Å². The van der Waals surface area contributed by atoms with Crippen molar-refractivity contribution in [3.63, 3.8) is 0 Å². The second-order valence-electron chi connectivity index (χ2n) is 6.66. The van der Waals surface area contributed by atoms with Gasteiger partial charge in [-0.2, -0.15) is 0 Å². The molecule has 1 aliphatic rings. The van der Waals surface area contributed by atoms with E-state index in [4.69, 9.17) is 9.47 Å². The van der Waals surface area contributed by atoms with Gasteiger partial charge < -0.3 is 14.8 Å². The van der Waals surface area contributed by atoms with E-state index in [2.05, 4.69) is 5.32 Å². The van der Waals surface area contributed by atoms with Crippen molar-refractivity contribution in [1.29, 1.82) is 0 Å². The average molecular weight is 402 g/mol. The summed E-state index contributed by atoms with van der Waals surface area (Å²) in [5.74, 6) is 0.645. The Labute approximate surface area is 172 Å². The Morgan fingerprint density at radius 2 is 1.40 bits per heavy atom. The van der Waals surface area contributed by atoms with E-state index >= 15 is 0 Å². The van der Waals surface area contributed by atoms with E-state index in [9.17, 15) is 14.4 Å². The summed E-state index contributed by atoms with van der Waals surface area (Å²) in [6.45, 7) is 1.43. The molecule has 3 amide bonds. The molecular formula is C23H18N2O5. The minimum Gasteiger partial charge on any atom is -0.497 e. The minimum absolute atomic E-state index is 0.160. The van der Waals surface area contributed by atoms with Crippen LogP contribution in [0.4, 0.5) is 11.4 Å². The van der Waals surface area contributed by atoms with Crippen molar-refractivity contribution in [2.75, 3.05) is 17.3 Å². The third-order valence-electron chi connectivity index (χ3n) is 4.60. The summed E-state index contributed by atoms with van der Waals surface area (Å²) in [7, 11) is 1.55. The van der Waals surface area contributed by atoms with Crippen LogP contribution in [0.25, 0.3) is 0 Å². The van der Waals surface area contributed by atoms with Crippen LogP contribution in [0.3, 0.4) is 0 Å². The molecule has 4 rings (SSSR count). The van der Waals surface area contributed by atoms with Gasteiger partial charge in [-0.05, 0) is 66.7 Å². The molecule has 0 spiro atoms. The van der Waals surface area contributed by atoms with E-state index in [1.54, 1.807) is 73.8 Å². The maximum Gasteiger partial charge on any atom is 0.266 e. The lowest BCUT2D eigenvalue weighted by Gasteiger charge is -2.14. The minimum atomic E-state index is -0.411. The monoisotopic (exact) mass is 402 g/mol. The van der Waals surface area contributed by atoms with Gasteiger partial charge in [0.15, 0.2) is 0 Å². The number of carbonyl (C=O) groups is 3. The first-order valence-electron chi connectivity index (χ1n) is 9.18. The molecule has 30 heavy (non-hydrogen) atoms. The molecule has 0 unspecified atom stereocenters. The summed E-state index contributed by atoms with van der Waals surface area (Å²) in [6, 6.07) is 18.3. The SMILES string of the molecule is COc1ccc(N2C(=O)c3ccc(Oc4ccc(NC(C)=O)cc4)cc3C2=O)cc1. The van der Waals surface area contributed by atoms with Crippen LogP contribution in [0.2, 0.25) is 0 Å². The fraction of sp³-hybridized carbons (Fsp3) is 0.0870. The number of methoxy groups -OCH3 is 1. The van der Waals surface area contributed by atoms with Gasteiger partial charge in [0.2, 0.25) is 5.91 Å². The van der Waals surface area contributed by atoms with Gasteiger partial charge in [-0.25, -0.2) is 4.90 Å². The molecule has 3 aromatic rings.